The molecule has 0 heterocycles. The molecule has 1 aromatic carbocycles. The Kier molecular flexibility index (Phi) is 5.71. The summed E-state index contributed by atoms with van der Waals surface area (Å²) >= 11 is 0. The molecule has 0 amide bonds. The highest BCUT2D eigenvalue weighted by Crippen LogP contribution is 2.21. The molecular formula is C16H24N2. The highest BCUT2D eigenvalue weighted by molar-refractivity contribution is 5.45. The molecular weight excluding hydrogens is 220 g/mol. The lowest BCUT2D eigenvalue weighted by Gasteiger charge is -2.15. The van der Waals surface area contributed by atoms with E-state index in [-0.39, 0.29) is 5.92 Å². The second-order valence-electron chi connectivity index (χ2n) is 5.29. The first-order valence-corrected chi connectivity index (χ1v) is 6.81. The molecule has 2 unspecified atom stereocenters. The molecule has 2 nitrogen and oxygen atoms in total. The number of nitrogens with one attached hydrogen (secondary N) is 1. The van der Waals surface area contributed by atoms with Gasteiger partial charge in [0.05, 0.1) is 12.0 Å². The van der Waals surface area contributed by atoms with E-state index in [1.165, 1.54) is 5.56 Å². The summed E-state index contributed by atoms with van der Waals surface area (Å²) in [4.78, 5) is 0. The zero-order valence-corrected chi connectivity index (χ0v) is 11.9. The first kappa shape index (κ1) is 14.6. The highest BCUT2D eigenvalue weighted by atomic mass is 14.9. The van der Waals surface area contributed by atoms with Gasteiger partial charge >= 0.3 is 0 Å². The largest absolute Gasteiger partial charge is 0.384 e. The summed E-state index contributed by atoms with van der Waals surface area (Å²) in [5, 5.41) is 12.4. The van der Waals surface area contributed by atoms with Gasteiger partial charge < -0.3 is 5.32 Å². The lowest BCUT2D eigenvalue weighted by atomic mass is 9.97. The Hall–Kier alpha value is -1.49. The third-order valence-electron chi connectivity index (χ3n) is 3.59. The predicted octanol–water partition coefficient (Wildman–Crippen LogP) is 4.41. The first-order valence-electron chi connectivity index (χ1n) is 6.81. The van der Waals surface area contributed by atoms with Gasteiger partial charge in [-0.2, -0.15) is 5.26 Å². The third kappa shape index (κ3) is 4.07. The number of nitriles is 1. The molecule has 1 N–H and O–H groups in total. The summed E-state index contributed by atoms with van der Waals surface area (Å²) in [6.45, 7) is 9.34. The molecule has 1 aromatic rings. The van der Waals surface area contributed by atoms with E-state index in [0.29, 0.717) is 11.8 Å². The van der Waals surface area contributed by atoms with Gasteiger partial charge in [0.1, 0.15) is 0 Å². The van der Waals surface area contributed by atoms with Crippen molar-refractivity contribution in [1.29, 1.82) is 5.26 Å². The highest BCUT2D eigenvalue weighted by Gasteiger charge is 2.11. The van der Waals surface area contributed by atoms with Crippen molar-refractivity contribution in [2.75, 3.05) is 11.9 Å². The van der Waals surface area contributed by atoms with Crippen LogP contribution in [0, 0.1) is 23.2 Å². The van der Waals surface area contributed by atoms with Crippen molar-refractivity contribution in [2.45, 2.75) is 40.0 Å². The SMILES string of the molecule is CCC(C)c1ccc(NCC(C#N)C(C)C)cc1. The Morgan fingerprint density at radius 3 is 2.22 bits per heavy atom. The maximum Gasteiger partial charge on any atom is 0.0677 e. The van der Waals surface area contributed by atoms with E-state index in [2.05, 4.69) is 63.3 Å². The van der Waals surface area contributed by atoms with Crippen molar-refractivity contribution in [3.63, 3.8) is 0 Å². The predicted molar refractivity (Wildman–Crippen MR) is 77.6 cm³/mol. The van der Waals surface area contributed by atoms with Crippen LogP contribution in [0.3, 0.4) is 0 Å². The maximum atomic E-state index is 9.03. The van der Waals surface area contributed by atoms with Crippen molar-refractivity contribution in [2.24, 2.45) is 11.8 Å². The van der Waals surface area contributed by atoms with Gasteiger partial charge in [0, 0.05) is 12.2 Å². The molecule has 0 radical (unpaired) electrons. The minimum absolute atomic E-state index is 0.0687. The van der Waals surface area contributed by atoms with Crippen LogP contribution in [0.25, 0.3) is 0 Å². The van der Waals surface area contributed by atoms with Crippen LogP contribution in [0.15, 0.2) is 24.3 Å². The number of rotatable bonds is 6. The fraction of sp³-hybridized carbons (Fsp3) is 0.562. The van der Waals surface area contributed by atoms with E-state index in [0.717, 1.165) is 18.7 Å². The summed E-state index contributed by atoms with van der Waals surface area (Å²) in [5.41, 5.74) is 2.48. The Morgan fingerprint density at radius 1 is 1.17 bits per heavy atom. The first-order chi connectivity index (χ1) is 8.58. The van der Waals surface area contributed by atoms with Crippen LogP contribution >= 0.6 is 0 Å². The number of nitrogens with zero attached hydrogens (tertiary/aromatic N) is 1. The minimum Gasteiger partial charge on any atom is -0.384 e. The second-order valence-corrected chi connectivity index (χ2v) is 5.29. The molecule has 0 aliphatic heterocycles. The molecule has 0 fully saturated rings. The lowest BCUT2D eigenvalue weighted by molar-refractivity contribution is 0.496. The third-order valence-corrected chi connectivity index (χ3v) is 3.59. The van der Waals surface area contributed by atoms with E-state index >= 15 is 0 Å². The summed E-state index contributed by atoms with van der Waals surface area (Å²) < 4.78 is 0. The van der Waals surface area contributed by atoms with E-state index in [1.54, 1.807) is 0 Å². The van der Waals surface area contributed by atoms with Crippen molar-refractivity contribution in [3.8, 4) is 6.07 Å². The smallest absolute Gasteiger partial charge is 0.0677 e. The van der Waals surface area contributed by atoms with Gasteiger partial charge in [0.15, 0.2) is 0 Å². The van der Waals surface area contributed by atoms with Crippen LogP contribution < -0.4 is 5.32 Å². The normalized spacial score (nSPS) is 14.0. The summed E-state index contributed by atoms with van der Waals surface area (Å²) in [6.07, 6.45) is 1.16. The van der Waals surface area contributed by atoms with Gasteiger partial charge in [0.25, 0.3) is 0 Å². The summed E-state index contributed by atoms with van der Waals surface area (Å²) in [7, 11) is 0. The Morgan fingerprint density at radius 2 is 1.78 bits per heavy atom. The quantitative estimate of drug-likeness (QED) is 0.804. The maximum absolute atomic E-state index is 9.03. The van der Waals surface area contributed by atoms with Crippen LogP contribution in [-0.4, -0.2) is 6.54 Å². The fourth-order valence-corrected chi connectivity index (χ4v) is 1.82. The molecule has 0 aromatic heterocycles. The van der Waals surface area contributed by atoms with Gasteiger partial charge in [-0.05, 0) is 36.0 Å². The standard InChI is InChI=1S/C16H24N2/c1-5-13(4)14-6-8-16(9-7-14)18-11-15(10-17)12(2)3/h6-9,12-13,15,18H,5,11H2,1-4H3. The molecule has 98 valence electrons. The molecule has 0 bridgehead atoms. The zero-order chi connectivity index (χ0) is 13.5. The fourth-order valence-electron chi connectivity index (χ4n) is 1.82. The van der Waals surface area contributed by atoms with E-state index in [4.69, 9.17) is 5.26 Å². The van der Waals surface area contributed by atoms with Crippen molar-refractivity contribution >= 4 is 5.69 Å². The molecule has 0 saturated heterocycles. The average molecular weight is 244 g/mol. The topological polar surface area (TPSA) is 35.8 Å². The van der Waals surface area contributed by atoms with E-state index in [1.807, 2.05) is 0 Å². The molecule has 1 rings (SSSR count). The zero-order valence-electron chi connectivity index (χ0n) is 11.9. The van der Waals surface area contributed by atoms with Gasteiger partial charge in [0.2, 0.25) is 0 Å². The van der Waals surface area contributed by atoms with Crippen LogP contribution in [0.2, 0.25) is 0 Å². The monoisotopic (exact) mass is 244 g/mol. The van der Waals surface area contributed by atoms with Gasteiger partial charge in [-0.25, -0.2) is 0 Å². The molecule has 2 heteroatoms. The van der Waals surface area contributed by atoms with Gasteiger partial charge in [-0.1, -0.05) is 39.8 Å². The average Bonchev–Trinajstić information content (AvgIpc) is 2.39. The lowest BCUT2D eigenvalue weighted by Crippen LogP contribution is -2.17. The second kappa shape index (κ2) is 7.06. The summed E-state index contributed by atoms with van der Waals surface area (Å²) in [6, 6.07) is 10.9. The molecule has 2 atom stereocenters. The molecule has 0 aliphatic rings. The molecule has 18 heavy (non-hydrogen) atoms. The number of hydrogen-bond acceptors (Lipinski definition) is 2. The Labute approximate surface area is 111 Å². The number of anilines is 1. The number of hydrogen-bond donors (Lipinski definition) is 1. The Balaban J connectivity index is 2.57. The van der Waals surface area contributed by atoms with Crippen molar-refractivity contribution in [3.05, 3.63) is 29.8 Å². The summed E-state index contributed by atoms with van der Waals surface area (Å²) in [5.74, 6) is 1.07. The molecule has 0 aliphatic carbocycles. The van der Waals surface area contributed by atoms with Crippen LogP contribution in [0.5, 0.6) is 0 Å². The number of benzene rings is 1. The minimum atomic E-state index is 0.0687. The van der Waals surface area contributed by atoms with Gasteiger partial charge in [-0.3, -0.25) is 0 Å². The Bertz CT molecular complexity index is 387. The van der Waals surface area contributed by atoms with Gasteiger partial charge in [-0.15, -0.1) is 0 Å². The van der Waals surface area contributed by atoms with E-state index in [9.17, 15) is 0 Å². The van der Waals surface area contributed by atoms with Crippen molar-refractivity contribution in [1.82, 2.24) is 0 Å². The van der Waals surface area contributed by atoms with Crippen LogP contribution in [-0.2, 0) is 0 Å². The van der Waals surface area contributed by atoms with E-state index < -0.39 is 0 Å². The van der Waals surface area contributed by atoms with Crippen LogP contribution in [0.1, 0.15) is 45.6 Å². The van der Waals surface area contributed by atoms with Crippen molar-refractivity contribution < 1.29 is 0 Å². The molecule has 0 spiro atoms. The molecule has 0 saturated carbocycles. The van der Waals surface area contributed by atoms with Crippen LogP contribution in [0.4, 0.5) is 5.69 Å².